The van der Waals surface area contributed by atoms with Crippen LogP contribution in [0.5, 0.6) is 11.5 Å². The number of hydrogen-bond donors (Lipinski definition) is 1. The van der Waals surface area contributed by atoms with E-state index in [9.17, 15) is 0 Å². The first kappa shape index (κ1) is 15.6. The first-order valence-electron chi connectivity index (χ1n) is 6.45. The summed E-state index contributed by atoms with van der Waals surface area (Å²) < 4.78 is 10.8. The van der Waals surface area contributed by atoms with Gasteiger partial charge in [-0.1, -0.05) is 36.0 Å². The summed E-state index contributed by atoms with van der Waals surface area (Å²) in [6.07, 6.45) is 0.804. The van der Waals surface area contributed by atoms with E-state index in [-0.39, 0.29) is 4.99 Å². The second-order valence-electron chi connectivity index (χ2n) is 4.45. The summed E-state index contributed by atoms with van der Waals surface area (Å²) in [5.41, 5.74) is 7.40. The number of hydrogen-bond acceptors (Lipinski definition) is 3. The van der Waals surface area contributed by atoms with Crippen LogP contribution in [0.2, 0.25) is 5.02 Å². The van der Waals surface area contributed by atoms with E-state index in [0.717, 1.165) is 12.2 Å². The van der Waals surface area contributed by atoms with Crippen molar-refractivity contribution in [3.05, 3.63) is 58.6 Å². The standard InChI is InChI=1S/C16H16ClNO2S/c1-19-12-4-2-11(3-5-12)8-9-20-13-6-7-14(16(18)21)15(17)10-13/h2-7,10H,8-9H2,1H3,(H2,18,21). The fraction of sp³-hybridized carbons (Fsp3) is 0.188. The van der Waals surface area contributed by atoms with Crippen LogP contribution < -0.4 is 15.2 Å². The van der Waals surface area contributed by atoms with Gasteiger partial charge in [0.1, 0.15) is 16.5 Å². The van der Waals surface area contributed by atoms with E-state index in [4.69, 9.17) is 39.0 Å². The molecule has 5 heteroatoms. The van der Waals surface area contributed by atoms with E-state index >= 15 is 0 Å². The molecule has 0 bridgehead atoms. The highest BCUT2D eigenvalue weighted by atomic mass is 35.5. The molecule has 0 aliphatic rings. The lowest BCUT2D eigenvalue weighted by atomic mass is 10.1. The van der Waals surface area contributed by atoms with Crippen LogP contribution in [0.15, 0.2) is 42.5 Å². The molecular formula is C16H16ClNO2S. The highest BCUT2D eigenvalue weighted by molar-refractivity contribution is 7.80. The second-order valence-corrected chi connectivity index (χ2v) is 5.30. The Hall–Kier alpha value is -1.78. The third kappa shape index (κ3) is 4.34. The Morgan fingerprint density at radius 3 is 2.38 bits per heavy atom. The Balaban J connectivity index is 1.91. The number of benzene rings is 2. The zero-order valence-electron chi connectivity index (χ0n) is 11.6. The van der Waals surface area contributed by atoms with Crippen molar-refractivity contribution in [2.45, 2.75) is 6.42 Å². The van der Waals surface area contributed by atoms with Gasteiger partial charge in [0.25, 0.3) is 0 Å². The maximum Gasteiger partial charge on any atom is 0.120 e. The summed E-state index contributed by atoms with van der Waals surface area (Å²) in [5.74, 6) is 1.55. The average Bonchev–Trinajstić information content (AvgIpc) is 2.47. The van der Waals surface area contributed by atoms with E-state index in [1.807, 2.05) is 30.3 Å². The number of halogens is 1. The molecule has 0 heterocycles. The minimum absolute atomic E-state index is 0.282. The van der Waals surface area contributed by atoms with Gasteiger partial charge in [0, 0.05) is 12.0 Å². The van der Waals surface area contributed by atoms with Gasteiger partial charge in [0.05, 0.1) is 18.7 Å². The summed E-state index contributed by atoms with van der Waals surface area (Å²) in [7, 11) is 1.65. The van der Waals surface area contributed by atoms with Crippen molar-refractivity contribution in [3.8, 4) is 11.5 Å². The molecule has 0 aromatic heterocycles. The second kappa shape index (κ2) is 7.29. The fourth-order valence-electron chi connectivity index (χ4n) is 1.86. The van der Waals surface area contributed by atoms with Gasteiger partial charge in [-0.25, -0.2) is 0 Å². The molecule has 2 aromatic rings. The van der Waals surface area contributed by atoms with Crippen LogP contribution in [0.25, 0.3) is 0 Å². The molecule has 0 radical (unpaired) electrons. The molecule has 0 saturated carbocycles. The summed E-state index contributed by atoms with van der Waals surface area (Å²) in [6, 6.07) is 13.2. The van der Waals surface area contributed by atoms with Crippen LogP contribution in [-0.2, 0) is 6.42 Å². The first-order chi connectivity index (χ1) is 10.1. The van der Waals surface area contributed by atoms with E-state index < -0.39 is 0 Å². The van der Waals surface area contributed by atoms with Crippen LogP contribution >= 0.6 is 23.8 Å². The largest absolute Gasteiger partial charge is 0.497 e. The average molecular weight is 322 g/mol. The first-order valence-corrected chi connectivity index (χ1v) is 7.24. The van der Waals surface area contributed by atoms with Gasteiger partial charge in [-0.2, -0.15) is 0 Å². The lowest BCUT2D eigenvalue weighted by Gasteiger charge is -2.09. The fourth-order valence-corrected chi connectivity index (χ4v) is 2.37. The van der Waals surface area contributed by atoms with Crippen LogP contribution in [0.3, 0.4) is 0 Å². The Labute approximate surface area is 134 Å². The molecule has 0 atom stereocenters. The summed E-state index contributed by atoms with van der Waals surface area (Å²) >= 11 is 11.0. The van der Waals surface area contributed by atoms with Crippen molar-refractivity contribution in [2.24, 2.45) is 5.73 Å². The van der Waals surface area contributed by atoms with E-state index in [1.165, 1.54) is 5.56 Å². The van der Waals surface area contributed by atoms with Crippen LogP contribution in [0.4, 0.5) is 0 Å². The zero-order valence-corrected chi connectivity index (χ0v) is 13.2. The third-order valence-electron chi connectivity index (χ3n) is 3.02. The topological polar surface area (TPSA) is 44.5 Å². The predicted molar refractivity (Wildman–Crippen MR) is 89.5 cm³/mol. The molecule has 0 aliphatic heterocycles. The Kier molecular flexibility index (Phi) is 5.42. The maximum atomic E-state index is 6.09. The van der Waals surface area contributed by atoms with Crippen LogP contribution in [0.1, 0.15) is 11.1 Å². The minimum atomic E-state index is 0.282. The highest BCUT2D eigenvalue weighted by Gasteiger charge is 2.05. The SMILES string of the molecule is COc1ccc(CCOc2ccc(C(N)=S)c(Cl)c2)cc1. The number of rotatable bonds is 6. The minimum Gasteiger partial charge on any atom is -0.497 e. The van der Waals surface area contributed by atoms with Gasteiger partial charge in [-0.15, -0.1) is 0 Å². The van der Waals surface area contributed by atoms with E-state index in [2.05, 4.69) is 0 Å². The molecule has 0 spiro atoms. The third-order valence-corrected chi connectivity index (χ3v) is 3.56. The lowest BCUT2D eigenvalue weighted by molar-refractivity contribution is 0.322. The Bertz CT molecular complexity index is 629. The van der Waals surface area contributed by atoms with Crippen LogP contribution in [-0.4, -0.2) is 18.7 Å². The molecule has 0 saturated heterocycles. The van der Waals surface area contributed by atoms with Crippen molar-refractivity contribution < 1.29 is 9.47 Å². The Morgan fingerprint density at radius 2 is 1.81 bits per heavy atom. The van der Waals surface area contributed by atoms with Crippen molar-refractivity contribution in [1.29, 1.82) is 0 Å². The van der Waals surface area contributed by atoms with Gasteiger partial charge in [0.15, 0.2) is 0 Å². The van der Waals surface area contributed by atoms with Gasteiger partial charge >= 0.3 is 0 Å². The summed E-state index contributed by atoms with van der Waals surface area (Å²) in [6.45, 7) is 0.565. The van der Waals surface area contributed by atoms with Gasteiger partial charge in [0.2, 0.25) is 0 Å². The van der Waals surface area contributed by atoms with Gasteiger partial charge < -0.3 is 15.2 Å². The van der Waals surface area contributed by atoms with E-state index in [0.29, 0.717) is 22.9 Å². The predicted octanol–water partition coefficient (Wildman–Crippen LogP) is 3.60. The molecule has 0 unspecified atom stereocenters. The van der Waals surface area contributed by atoms with Crippen LogP contribution in [0, 0.1) is 0 Å². The number of nitrogens with two attached hydrogens (primary N) is 1. The number of methoxy groups -OCH3 is 1. The van der Waals surface area contributed by atoms with Gasteiger partial charge in [-0.3, -0.25) is 0 Å². The summed E-state index contributed by atoms with van der Waals surface area (Å²) in [5, 5.41) is 0.504. The zero-order chi connectivity index (χ0) is 15.2. The quantitative estimate of drug-likeness (QED) is 0.826. The molecule has 3 nitrogen and oxygen atoms in total. The smallest absolute Gasteiger partial charge is 0.120 e. The number of ether oxygens (including phenoxy) is 2. The molecule has 21 heavy (non-hydrogen) atoms. The Morgan fingerprint density at radius 1 is 1.14 bits per heavy atom. The number of thiocarbonyl (C=S) groups is 1. The molecule has 0 amide bonds. The normalized spacial score (nSPS) is 10.2. The molecule has 0 fully saturated rings. The van der Waals surface area contributed by atoms with Crippen molar-refractivity contribution in [2.75, 3.05) is 13.7 Å². The molecule has 2 rings (SSSR count). The van der Waals surface area contributed by atoms with E-state index in [1.54, 1.807) is 19.2 Å². The monoisotopic (exact) mass is 321 g/mol. The molecule has 110 valence electrons. The van der Waals surface area contributed by atoms with Gasteiger partial charge in [-0.05, 0) is 35.9 Å². The van der Waals surface area contributed by atoms with Crippen molar-refractivity contribution in [3.63, 3.8) is 0 Å². The highest BCUT2D eigenvalue weighted by Crippen LogP contribution is 2.22. The van der Waals surface area contributed by atoms with Crippen molar-refractivity contribution >= 4 is 28.8 Å². The molecule has 2 N–H and O–H groups in total. The summed E-state index contributed by atoms with van der Waals surface area (Å²) in [4.78, 5) is 0.282. The maximum absolute atomic E-state index is 6.09. The molecule has 0 aliphatic carbocycles. The lowest BCUT2D eigenvalue weighted by Crippen LogP contribution is -2.10. The van der Waals surface area contributed by atoms with Crippen molar-refractivity contribution in [1.82, 2.24) is 0 Å². The molecular weight excluding hydrogens is 306 g/mol. The molecule has 2 aromatic carbocycles.